The van der Waals surface area contributed by atoms with Gasteiger partial charge in [-0.1, -0.05) is 12.1 Å². The Morgan fingerprint density at radius 3 is 2.09 bits per heavy atom. The maximum absolute atomic E-state index is 14.2. The molecular weight excluding hydrogens is 776 g/mol. The van der Waals surface area contributed by atoms with Crippen LogP contribution in [-0.4, -0.2) is 99.6 Å². The van der Waals surface area contributed by atoms with Crippen LogP contribution >= 0.6 is 0 Å². The summed E-state index contributed by atoms with van der Waals surface area (Å²) < 4.78 is 115. The van der Waals surface area contributed by atoms with Gasteiger partial charge in [0.05, 0.1) is 24.3 Å². The molecule has 2 aliphatic rings. The molecule has 21 heteroatoms. The first-order chi connectivity index (χ1) is 26.0. The Balaban J connectivity index is 1.39. The van der Waals surface area contributed by atoms with Crippen LogP contribution in [-0.2, 0) is 47.4 Å². The smallest absolute Gasteiger partial charge is 0.451 e. The summed E-state index contributed by atoms with van der Waals surface area (Å²) in [6.45, 7) is 5.99. The van der Waals surface area contributed by atoms with Crippen LogP contribution in [0.25, 0.3) is 0 Å². The fourth-order valence-corrected chi connectivity index (χ4v) is 6.99. The fraction of sp³-hybridized carbons (Fsp3) is 0.629. The highest BCUT2D eigenvalue weighted by atomic mass is 32.2. The van der Waals surface area contributed by atoms with E-state index in [1.54, 1.807) is 25.7 Å². The molecule has 4 rings (SSSR count). The molecule has 56 heavy (non-hydrogen) atoms. The largest absolute Gasteiger partial charge is 0.460 e. The van der Waals surface area contributed by atoms with Gasteiger partial charge >= 0.3 is 24.4 Å². The Bertz CT molecular complexity index is 1780. The van der Waals surface area contributed by atoms with E-state index in [9.17, 15) is 49.1 Å². The second-order valence-corrected chi connectivity index (χ2v) is 16.3. The molecule has 0 radical (unpaired) electrons. The van der Waals surface area contributed by atoms with Crippen molar-refractivity contribution in [3.63, 3.8) is 0 Å². The van der Waals surface area contributed by atoms with Crippen molar-refractivity contribution in [1.29, 1.82) is 0 Å². The Labute approximate surface area is 321 Å². The van der Waals surface area contributed by atoms with Gasteiger partial charge < -0.3 is 30.5 Å². The summed E-state index contributed by atoms with van der Waals surface area (Å²) in [5, 5.41) is 7.97. The number of aromatic nitrogens is 2. The minimum atomic E-state index is -4.97. The highest BCUT2D eigenvalue weighted by molar-refractivity contribution is 7.86. The molecule has 3 amide bonds. The molecule has 14 nitrogen and oxygen atoms in total. The summed E-state index contributed by atoms with van der Waals surface area (Å²) >= 11 is 0. The number of esters is 1. The van der Waals surface area contributed by atoms with Crippen LogP contribution in [0.2, 0.25) is 0 Å². The van der Waals surface area contributed by atoms with E-state index in [4.69, 9.17) is 8.92 Å². The number of rotatable bonds is 14. The first kappa shape index (κ1) is 44.3. The highest BCUT2D eigenvalue weighted by Gasteiger charge is 2.42. The topological polar surface area (TPSA) is 172 Å². The van der Waals surface area contributed by atoms with Crippen molar-refractivity contribution in [2.75, 3.05) is 55.3 Å². The number of nitrogens with zero attached hydrogens (tertiary/aromatic N) is 4. The van der Waals surface area contributed by atoms with Crippen LogP contribution in [0, 0.1) is 5.92 Å². The van der Waals surface area contributed by atoms with Gasteiger partial charge in [-0.15, -0.1) is 0 Å². The van der Waals surface area contributed by atoms with Crippen molar-refractivity contribution in [3.8, 4) is 0 Å². The average Bonchev–Trinajstić information content (AvgIpc) is 3.49. The van der Waals surface area contributed by atoms with Gasteiger partial charge in [-0.2, -0.15) is 34.8 Å². The van der Waals surface area contributed by atoms with Crippen LogP contribution < -0.4 is 25.8 Å². The first-order valence-corrected chi connectivity index (χ1v) is 19.8. The molecule has 2 aliphatic heterocycles. The maximum atomic E-state index is 14.2. The number of urea groups is 1. The number of anilines is 2. The number of benzene rings is 1. The van der Waals surface area contributed by atoms with Crippen molar-refractivity contribution in [2.24, 2.45) is 5.92 Å². The van der Waals surface area contributed by atoms with Crippen molar-refractivity contribution < 1.29 is 58.1 Å². The summed E-state index contributed by atoms with van der Waals surface area (Å²) in [6.07, 6.45) is -8.08. The van der Waals surface area contributed by atoms with Crippen molar-refractivity contribution >= 4 is 39.7 Å². The minimum Gasteiger partial charge on any atom is -0.460 e. The summed E-state index contributed by atoms with van der Waals surface area (Å²) in [6, 6.07) is 4.02. The Kier molecular flexibility index (Phi) is 14.4. The molecule has 3 heterocycles. The molecule has 0 saturated carbocycles. The van der Waals surface area contributed by atoms with Gasteiger partial charge in [-0.05, 0) is 70.1 Å². The van der Waals surface area contributed by atoms with Gasteiger partial charge in [0.15, 0.2) is 0 Å². The first-order valence-electron chi connectivity index (χ1n) is 18.0. The molecule has 3 N–H and O–H groups in total. The standard InChI is InChI=1S/C35H47F6N7O7S/c1-33(2,3)54-29(49)11-16-44-32(51)43-15-10-23-12-17-47(18-13-23)27-20-28(46-31(45-27)35(39,40)41)48-21-25(55-56(4,52)53)19-26(48)30(50)42-14-9-22-5-7-24(8-6-22)34(36,37)38/h5-8,20,23,25-26H,9-19,21H2,1-4H3,(H,42,50)(H2,43,44,51)/t25-,26-/m0/s1. The second kappa shape index (κ2) is 18.2. The predicted octanol–water partition coefficient (Wildman–Crippen LogP) is 4.43. The number of hydrogen-bond acceptors (Lipinski definition) is 11. The van der Waals surface area contributed by atoms with Gasteiger partial charge in [0.1, 0.15) is 23.3 Å². The Morgan fingerprint density at radius 1 is 0.875 bits per heavy atom. The van der Waals surface area contributed by atoms with E-state index in [-0.39, 0.29) is 56.5 Å². The van der Waals surface area contributed by atoms with Gasteiger partial charge in [-0.25, -0.2) is 14.8 Å². The fourth-order valence-electron chi connectivity index (χ4n) is 6.36. The van der Waals surface area contributed by atoms with Crippen LogP contribution in [0.4, 0.5) is 42.8 Å². The molecule has 2 aromatic rings. The molecule has 0 aliphatic carbocycles. The summed E-state index contributed by atoms with van der Waals surface area (Å²) in [7, 11) is -4.02. The van der Waals surface area contributed by atoms with E-state index in [1.807, 2.05) is 0 Å². The van der Waals surface area contributed by atoms with Crippen molar-refractivity contribution in [3.05, 3.63) is 47.3 Å². The molecule has 0 bridgehead atoms. The van der Waals surface area contributed by atoms with E-state index in [1.165, 1.54) is 23.1 Å². The van der Waals surface area contributed by atoms with Gasteiger partial charge in [0, 0.05) is 51.8 Å². The number of piperidine rings is 1. The normalized spacial score (nSPS) is 18.5. The van der Waals surface area contributed by atoms with Crippen LogP contribution in [0.3, 0.4) is 0 Å². The second-order valence-electron chi connectivity index (χ2n) is 14.7. The van der Waals surface area contributed by atoms with Crippen LogP contribution in [0.5, 0.6) is 0 Å². The highest BCUT2D eigenvalue weighted by Crippen LogP contribution is 2.35. The summed E-state index contributed by atoms with van der Waals surface area (Å²) in [5.41, 5.74) is -0.971. The van der Waals surface area contributed by atoms with Gasteiger partial charge in [-0.3, -0.25) is 13.8 Å². The zero-order valence-electron chi connectivity index (χ0n) is 31.4. The average molecular weight is 824 g/mol. The SMILES string of the molecule is CC(C)(C)OC(=O)CCNC(=O)NCCC1CCN(c2cc(N3C[C@@H](OS(C)(=O)=O)C[C@H]3C(=O)NCCc3ccc(C(F)(F)F)cc3)nc(C(F)(F)F)n2)CC1. The number of alkyl halides is 6. The summed E-state index contributed by atoms with van der Waals surface area (Å²) in [5.74, 6) is -2.74. The zero-order chi connectivity index (χ0) is 41.5. The molecule has 0 unspecified atom stereocenters. The lowest BCUT2D eigenvalue weighted by Crippen LogP contribution is -2.44. The lowest BCUT2D eigenvalue weighted by molar-refractivity contribution is -0.154. The Morgan fingerprint density at radius 2 is 1.50 bits per heavy atom. The zero-order valence-corrected chi connectivity index (χ0v) is 32.2. The lowest BCUT2D eigenvalue weighted by atomic mass is 9.93. The summed E-state index contributed by atoms with van der Waals surface area (Å²) in [4.78, 5) is 47.8. The number of amides is 3. The van der Waals surface area contributed by atoms with E-state index in [2.05, 4.69) is 25.9 Å². The number of ether oxygens (including phenoxy) is 1. The van der Waals surface area contributed by atoms with Crippen LogP contribution in [0.15, 0.2) is 30.3 Å². The van der Waals surface area contributed by atoms with Gasteiger partial charge in [0.2, 0.25) is 11.7 Å². The third-order valence-electron chi connectivity index (χ3n) is 8.93. The molecule has 1 aromatic heterocycles. The Hall–Kier alpha value is -4.40. The van der Waals surface area contributed by atoms with Gasteiger partial charge in [0.25, 0.3) is 10.1 Å². The number of nitrogens with one attached hydrogen (secondary N) is 3. The number of hydrogen-bond donors (Lipinski definition) is 3. The quantitative estimate of drug-likeness (QED) is 0.140. The number of carbonyl (C=O) groups is 3. The van der Waals surface area contributed by atoms with Crippen molar-refractivity contribution in [1.82, 2.24) is 25.9 Å². The van der Waals surface area contributed by atoms with E-state index >= 15 is 0 Å². The third kappa shape index (κ3) is 14.0. The lowest BCUT2D eigenvalue weighted by Gasteiger charge is -2.34. The minimum absolute atomic E-state index is 0.0131. The predicted molar refractivity (Wildman–Crippen MR) is 192 cm³/mol. The molecule has 2 fully saturated rings. The molecule has 0 spiro atoms. The monoisotopic (exact) mass is 823 g/mol. The third-order valence-corrected chi connectivity index (χ3v) is 9.55. The van der Waals surface area contributed by atoms with Crippen LogP contribution in [0.1, 0.15) is 69.8 Å². The number of carbonyl (C=O) groups excluding carboxylic acids is 3. The number of halogens is 6. The van der Waals surface area contributed by atoms with E-state index in [0.717, 1.165) is 18.4 Å². The van der Waals surface area contributed by atoms with E-state index in [0.29, 0.717) is 44.5 Å². The molecule has 2 atom stereocenters. The molecule has 1 aromatic carbocycles. The van der Waals surface area contributed by atoms with E-state index < -0.39 is 69.5 Å². The van der Waals surface area contributed by atoms with Crippen molar-refractivity contribution in [2.45, 2.75) is 89.4 Å². The molecular formula is C35H47F6N7O7S. The molecule has 2 saturated heterocycles. The molecule has 312 valence electrons. The maximum Gasteiger partial charge on any atom is 0.451 e.